The van der Waals surface area contributed by atoms with Gasteiger partial charge in [0, 0.05) is 19.3 Å². The molecule has 11 nitrogen and oxygen atoms in total. The van der Waals surface area contributed by atoms with Crippen molar-refractivity contribution in [3.8, 4) is 11.5 Å². The van der Waals surface area contributed by atoms with Crippen LogP contribution in [0.15, 0.2) is 65.7 Å². The number of para-hydroxylation sites is 2. The summed E-state index contributed by atoms with van der Waals surface area (Å²) in [5.74, 6) is 1.65. The molecule has 0 aliphatic carbocycles. The van der Waals surface area contributed by atoms with Gasteiger partial charge in [-0.1, -0.05) is 45.0 Å². The van der Waals surface area contributed by atoms with E-state index >= 15 is 0 Å². The zero-order valence-corrected chi connectivity index (χ0v) is 23.9. The highest BCUT2D eigenvalue weighted by Gasteiger charge is 2.34. The van der Waals surface area contributed by atoms with E-state index in [0.717, 1.165) is 5.56 Å². The lowest BCUT2D eigenvalue weighted by molar-refractivity contribution is -0.0840. The Morgan fingerprint density at radius 2 is 1.77 bits per heavy atom. The van der Waals surface area contributed by atoms with Gasteiger partial charge in [-0.05, 0) is 47.7 Å². The minimum absolute atomic E-state index is 0.00809. The number of anilines is 1. The molecular formula is C28H37N5O6S. The van der Waals surface area contributed by atoms with Gasteiger partial charge in [-0.15, -0.1) is 0 Å². The molecule has 0 saturated carbocycles. The molecule has 1 aliphatic heterocycles. The molecule has 0 radical (unpaired) electrons. The molecule has 0 amide bonds. The van der Waals surface area contributed by atoms with E-state index in [1.165, 1.54) is 12.3 Å². The number of benzene rings is 2. The predicted molar refractivity (Wildman–Crippen MR) is 151 cm³/mol. The largest absolute Gasteiger partial charge is 0.493 e. The second kappa shape index (κ2) is 12.9. The average molecular weight is 572 g/mol. The van der Waals surface area contributed by atoms with Crippen LogP contribution < -0.4 is 24.8 Å². The molecule has 2 heterocycles. The van der Waals surface area contributed by atoms with E-state index in [1.54, 1.807) is 31.4 Å². The summed E-state index contributed by atoms with van der Waals surface area (Å²) in [6.07, 6.45) is 0.753. The smallest absolute Gasteiger partial charge is 0.263 e. The minimum atomic E-state index is -3.86. The van der Waals surface area contributed by atoms with Crippen LogP contribution in [0, 0.1) is 0 Å². The average Bonchev–Trinajstić information content (AvgIpc) is 2.94. The van der Waals surface area contributed by atoms with Crippen LogP contribution in [0.5, 0.6) is 11.5 Å². The van der Waals surface area contributed by atoms with Crippen molar-refractivity contribution in [3.05, 3.63) is 72.2 Å². The topological polar surface area (TPSA) is 144 Å². The molecule has 3 aromatic rings. The number of aliphatic hydroxyl groups is 1. The standard InChI is InChI=1S/C28H37N5O6S/c1-28(2,3)19-10-12-20(13-11-19)40(35,36)33-24-14-15-29-25(32-24)21-18-30-26(27(31-21)38-17-7-16-34)39-23-9-6-5-8-22(23)37-4/h5-6,8-15,21,26-27,30-31,34H,7,16-18H2,1-4H3,(H,29,32,33). The van der Waals surface area contributed by atoms with E-state index in [9.17, 15) is 13.5 Å². The molecule has 4 N–H and O–H groups in total. The molecule has 216 valence electrons. The maximum absolute atomic E-state index is 13.1. The number of sulfonamides is 1. The number of nitrogens with one attached hydrogen (secondary N) is 3. The van der Waals surface area contributed by atoms with Crippen molar-refractivity contribution in [2.75, 3.05) is 31.6 Å². The van der Waals surface area contributed by atoms with Gasteiger partial charge in [0.05, 0.1) is 24.7 Å². The van der Waals surface area contributed by atoms with E-state index in [2.05, 4.69) is 46.1 Å². The molecule has 40 heavy (non-hydrogen) atoms. The van der Waals surface area contributed by atoms with Crippen molar-refractivity contribution in [2.45, 2.75) is 56.0 Å². The van der Waals surface area contributed by atoms with Crippen LogP contribution >= 0.6 is 0 Å². The van der Waals surface area contributed by atoms with Crippen molar-refractivity contribution in [1.82, 2.24) is 20.6 Å². The SMILES string of the molecule is COc1ccccc1OC1NCC(c2nccc(NS(=O)(=O)c3ccc(C(C)(C)C)cc3)n2)NC1OCCCO. The van der Waals surface area contributed by atoms with Crippen LogP contribution in [-0.4, -0.2) is 62.8 Å². The van der Waals surface area contributed by atoms with Crippen LogP contribution in [0.2, 0.25) is 0 Å². The molecule has 3 unspecified atom stereocenters. The summed E-state index contributed by atoms with van der Waals surface area (Å²) in [5.41, 5.74) is 0.949. The fraction of sp³-hybridized carbons (Fsp3) is 0.429. The quantitative estimate of drug-likeness (QED) is 0.254. The monoisotopic (exact) mass is 571 g/mol. The Hall–Kier alpha value is -3.29. The van der Waals surface area contributed by atoms with Gasteiger partial charge in [0.2, 0.25) is 0 Å². The van der Waals surface area contributed by atoms with Crippen LogP contribution in [0.4, 0.5) is 5.82 Å². The summed E-state index contributed by atoms with van der Waals surface area (Å²) in [6.45, 7) is 6.88. The molecule has 1 aromatic heterocycles. The summed E-state index contributed by atoms with van der Waals surface area (Å²) < 4.78 is 46.2. The lowest BCUT2D eigenvalue weighted by Crippen LogP contribution is -2.61. The Morgan fingerprint density at radius 1 is 1.05 bits per heavy atom. The van der Waals surface area contributed by atoms with E-state index in [4.69, 9.17) is 14.2 Å². The van der Waals surface area contributed by atoms with E-state index in [1.807, 2.05) is 24.3 Å². The first kappa shape index (κ1) is 29.7. The third-order valence-electron chi connectivity index (χ3n) is 6.34. The van der Waals surface area contributed by atoms with Gasteiger partial charge in [0.1, 0.15) is 11.6 Å². The highest BCUT2D eigenvalue weighted by molar-refractivity contribution is 7.92. The molecule has 1 aliphatic rings. The van der Waals surface area contributed by atoms with Gasteiger partial charge in [-0.3, -0.25) is 15.4 Å². The zero-order valence-electron chi connectivity index (χ0n) is 23.1. The second-order valence-electron chi connectivity index (χ2n) is 10.4. The molecule has 3 atom stereocenters. The Morgan fingerprint density at radius 3 is 2.45 bits per heavy atom. The number of rotatable bonds is 11. The fourth-order valence-electron chi connectivity index (χ4n) is 4.15. The number of nitrogens with zero attached hydrogens (tertiary/aromatic N) is 2. The molecule has 2 aromatic carbocycles. The van der Waals surface area contributed by atoms with Gasteiger partial charge in [0.15, 0.2) is 24.0 Å². The molecule has 1 fully saturated rings. The van der Waals surface area contributed by atoms with Gasteiger partial charge < -0.3 is 19.3 Å². The van der Waals surface area contributed by atoms with Crippen molar-refractivity contribution in [1.29, 1.82) is 0 Å². The summed E-state index contributed by atoms with van der Waals surface area (Å²) in [6, 6.07) is 15.2. The van der Waals surface area contributed by atoms with Crippen LogP contribution in [-0.2, 0) is 20.2 Å². The molecule has 4 rings (SSSR count). The van der Waals surface area contributed by atoms with Gasteiger partial charge in [-0.2, -0.15) is 0 Å². The Balaban J connectivity index is 1.48. The molecule has 0 spiro atoms. The Kier molecular flexibility index (Phi) is 9.59. The van der Waals surface area contributed by atoms with E-state index in [-0.39, 0.29) is 22.7 Å². The van der Waals surface area contributed by atoms with Crippen LogP contribution in [0.3, 0.4) is 0 Å². The predicted octanol–water partition coefficient (Wildman–Crippen LogP) is 2.95. The normalized spacial score (nSPS) is 19.7. The van der Waals surface area contributed by atoms with Gasteiger partial charge >= 0.3 is 0 Å². The number of hydrogen-bond acceptors (Lipinski definition) is 10. The maximum atomic E-state index is 13.1. The van der Waals surface area contributed by atoms with Crippen molar-refractivity contribution >= 4 is 15.8 Å². The van der Waals surface area contributed by atoms with Gasteiger partial charge in [0.25, 0.3) is 10.0 Å². The lowest BCUT2D eigenvalue weighted by atomic mass is 9.87. The van der Waals surface area contributed by atoms with Crippen molar-refractivity contribution in [3.63, 3.8) is 0 Å². The highest BCUT2D eigenvalue weighted by Crippen LogP contribution is 2.29. The summed E-state index contributed by atoms with van der Waals surface area (Å²) >= 11 is 0. The first-order valence-corrected chi connectivity index (χ1v) is 14.6. The second-order valence-corrected chi connectivity index (χ2v) is 12.0. The number of hydrogen-bond donors (Lipinski definition) is 4. The number of piperazine rings is 1. The molecule has 0 bridgehead atoms. The first-order valence-electron chi connectivity index (χ1n) is 13.1. The zero-order chi connectivity index (χ0) is 28.8. The van der Waals surface area contributed by atoms with Gasteiger partial charge in [-0.25, -0.2) is 18.4 Å². The molecule has 1 saturated heterocycles. The third-order valence-corrected chi connectivity index (χ3v) is 7.71. The summed E-state index contributed by atoms with van der Waals surface area (Å²) in [5, 5.41) is 15.9. The third kappa shape index (κ3) is 7.46. The number of methoxy groups -OCH3 is 1. The number of aromatic nitrogens is 2. The minimum Gasteiger partial charge on any atom is -0.493 e. The van der Waals surface area contributed by atoms with Crippen molar-refractivity contribution in [2.24, 2.45) is 0 Å². The molecular weight excluding hydrogens is 534 g/mol. The van der Waals surface area contributed by atoms with Crippen LogP contribution in [0.1, 0.15) is 44.6 Å². The number of aliphatic hydroxyl groups excluding tert-OH is 1. The molecule has 12 heteroatoms. The Bertz CT molecular complexity index is 1360. The number of ether oxygens (including phenoxy) is 3. The van der Waals surface area contributed by atoms with E-state index < -0.39 is 28.5 Å². The fourth-order valence-corrected chi connectivity index (χ4v) is 5.15. The highest BCUT2D eigenvalue weighted by atomic mass is 32.2. The summed E-state index contributed by atoms with van der Waals surface area (Å²) in [4.78, 5) is 8.98. The maximum Gasteiger partial charge on any atom is 0.263 e. The summed E-state index contributed by atoms with van der Waals surface area (Å²) in [7, 11) is -2.29. The Labute approximate surface area is 235 Å². The van der Waals surface area contributed by atoms with Crippen LogP contribution in [0.25, 0.3) is 0 Å². The lowest BCUT2D eigenvalue weighted by Gasteiger charge is -2.37. The van der Waals surface area contributed by atoms with E-state index in [0.29, 0.717) is 36.9 Å². The first-order chi connectivity index (χ1) is 19.1. The van der Waals surface area contributed by atoms with Crippen molar-refractivity contribution < 1.29 is 27.7 Å².